The molecule has 2 aliphatic heterocycles. The number of Topliss-reactive ketones (excluding diaryl/α,β-unsaturated/α-hetero) is 2. The highest BCUT2D eigenvalue weighted by Crippen LogP contribution is 2.62. The number of carbonyl (C=O) groups is 2. The Morgan fingerprint density at radius 3 is 0.890 bits per heavy atom. The average Bonchev–Trinajstić information content (AvgIpc) is 1.55. The minimum atomic E-state index is -0.478. The molecular formula is C122H194B2Br2I3N4O6PS6. The van der Waals surface area contributed by atoms with E-state index in [1.54, 1.807) is 11.3 Å². The number of hydrogen-bond donors (Lipinski definition) is 0. The van der Waals surface area contributed by atoms with Gasteiger partial charge in [0.25, 0.3) is 0 Å². The van der Waals surface area contributed by atoms with Crippen molar-refractivity contribution in [1.82, 2.24) is 17.5 Å². The van der Waals surface area contributed by atoms with Gasteiger partial charge in [0, 0.05) is 42.2 Å². The lowest BCUT2D eigenvalue weighted by molar-refractivity contribution is 0.00578. The Hall–Kier alpha value is -0.230. The molecule has 8 heterocycles. The Morgan fingerprint density at radius 2 is 0.568 bits per heavy atom. The predicted octanol–water partition coefficient (Wildman–Crippen LogP) is 45.0. The molecule has 2 aliphatic carbocycles. The summed E-state index contributed by atoms with van der Waals surface area (Å²) in [6, 6.07) is 17.8. The zero-order valence-electron chi connectivity index (χ0n) is 94.4. The van der Waals surface area contributed by atoms with E-state index in [0.717, 1.165) is 85.4 Å². The summed E-state index contributed by atoms with van der Waals surface area (Å²) in [4.78, 5) is 38.6. The third kappa shape index (κ3) is 39.7. The minimum absolute atomic E-state index is 0.290. The number of carbonyl (C=O) groups excluding carboxylic acids is 2. The Labute approximate surface area is 972 Å². The number of thiophene rings is 4. The maximum atomic E-state index is 15.7. The first-order valence-electron chi connectivity index (χ1n) is 59.2. The third-order valence-electron chi connectivity index (χ3n) is 33.8. The fraction of sp³-hybridized carbons (Fsp3) is 0.754. The number of nitrogens with zero attached hydrogens (tertiary/aromatic N) is 4. The van der Waals surface area contributed by atoms with Gasteiger partial charge in [-0.25, -0.2) is 0 Å². The SMILES string of the molecule is CC1(C)OB(c2ccc(B3OC(C)(C)C(C)(C)O3)c3nsnc23)OC1(C)C.CCCCCCCCCC(CCCCCCC)CCC1(CCC(CCCCCCC)CCCCCCCCC)C(=O)c2cc(Br)sc2-c2sc(Br)cc21.CCCCCCCCCC(CCCCCCC)CCC1(CCC(CCCCCCC)CCCCCCCCC)C(=O)c2cc(C)sc2-c2sc(-c3ccc(C)c4nsnc34)cc21.IP(I)I. The van der Waals surface area contributed by atoms with Crippen LogP contribution < -0.4 is 10.9 Å². The zero-order chi connectivity index (χ0) is 106. The van der Waals surface area contributed by atoms with E-state index in [-0.39, 0.29) is 0.849 Å². The Morgan fingerprint density at radius 1 is 0.308 bits per heavy atom. The van der Waals surface area contributed by atoms with Gasteiger partial charge in [-0.1, -0.05) is 439 Å². The van der Waals surface area contributed by atoms with Crippen molar-refractivity contribution in [2.75, 3.05) is 0 Å². The summed E-state index contributed by atoms with van der Waals surface area (Å²) in [5.74, 6) is 3.74. The van der Waals surface area contributed by atoms with Crippen molar-refractivity contribution in [2.24, 2.45) is 23.7 Å². The molecule has 146 heavy (non-hydrogen) atoms. The number of aryl methyl sites for hydroxylation is 2. The van der Waals surface area contributed by atoms with E-state index in [9.17, 15) is 0 Å². The highest BCUT2D eigenvalue weighted by molar-refractivity contribution is 14.4. The van der Waals surface area contributed by atoms with Crippen LogP contribution >= 0.6 is 168 Å². The van der Waals surface area contributed by atoms with Gasteiger partial charge >= 0.3 is 14.2 Å². The molecule has 0 N–H and O–H groups in total. The van der Waals surface area contributed by atoms with E-state index in [2.05, 4.69) is 212 Å². The maximum Gasteiger partial charge on any atom is 0.497 e. The van der Waals surface area contributed by atoms with E-state index in [4.69, 9.17) is 27.4 Å². The van der Waals surface area contributed by atoms with E-state index < -0.39 is 47.5 Å². The number of fused-ring (bicyclic) bond motifs is 8. The van der Waals surface area contributed by atoms with Crippen molar-refractivity contribution in [3.8, 4) is 29.9 Å². The van der Waals surface area contributed by atoms with Crippen molar-refractivity contribution < 1.29 is 28.2 Å². The fourth-order valence-electron chi connectivity index (χ4n) is 23.1. The molecule has 24 heteroatoms. The van der Waals surface area contributed by atoms with Crippen LogP contribution in [0.4, 0.5) is 0 Å². The third-order valence-corrected chi connectivity index (χ3v) is 40.7. The second-order valence-corrected chi connectivity index (χ2v) is 80.3. The number of unbranched alkanes of at least 4 members (excludes halogenated alkanes) is 40. The maximum absolute atomic E-state index is 15.7. The van der Waals surface area contributed by atoms with Crippen LogP contribution in [0, 0.1) is 37.5 Å². The molecule has 2 aromatic carbocycles. The molecule has 4 aliphatic rings. The van der Waals surface area contributed by atoms with Crippen LogP contribution in [-0.2, 0) is 29.4 Å². The largest absolute Gasteiger partial charge is 0.497 e. The van der Waals surface area contributed by atoms with Crippen LogP contribution in [0.25, 0.3) is 52.0 Å². The summed E-state index contributed by atoms with van der Waals surface area (Å²) in [5, 5.41) is 0. The second kappa shape index (κ2) is 68.7. The van der Waals surface area contributed by atoms with Crippen LogP contribution in [0.5, 0.6) is 0 Å². The van der Waals surface area contributed by atoms with Crippen LogP contribution in [0.1, 0.15) is 564 Å². The number of benzene rings is 2. The molecular weight excluding hydrogens is 2400 g/mol. The Kier molecular flexibility index (Phi) is 60.8. The van der Waals surface area contributed by atoms with Gasteiger partial charge in [0.05, 0.1) is 79.7 Å². The topological polar surface area (TPSA) is 123 Å². The van der Waals surface area contributed by atoms with Crippen molar-refractivity contribution in [3.63, 3.8) is 0 Å². The Bertz CT molecular complexity index is 4820. The predicted molar refractivity (Wildman–Crippen MR) is 681 cm³/mol. The lowest BCUT2D eigenvalue weighted by Crippen LogP contribution is -2.41. The molecule has 10 nitrogen and oxygen atoms in total. The average molecular weight is 2600 g/mol. The summed E-state index contributed by atoms with van der Waals surface area (Å²) in [5.41, 5.74) is 9.97. The van der Waals surface area contributed by atoms with E-state index >= 15 is 9.59 Å². The monoisotopic (exact) mass is 2590 g/mol. The quantitative estimate of drug-likeness (QED) is 0.0158. The fourth-order valence-corrected chi connectivity index (χ4v) is 30.3. The first-order valence-corrected chi connectivity index (χ1v) is 75.2. The van der Waals surface area contributed by atoms with E-state index in [0.29, 0.717) is 23.4 Å². The van der Waals surface area contributed by atoms with Crippen molar-refractivity contribution in [2.45, 2.75) is 569 Å². The number of rotatable bonds is 71. The molecule has 820 valence electrons. The molecule has 12 rings (SSSR count). The van der Waals surface area contributed by atoms with Crippen LogP contribution in [0.15, 0.2) is 56.1 Å². The highest BCUT2D eigenvalue weighted by atomic mass is 127. The van der Waals surface area contributed by atoms with Gasteiger partial charge in [-0.3, -0.25) is 9.59 Å². The lowest BCUT2D eigenvalue weighted by Gasteiger charge is -2.38. The summed E-state index contributed by atoms with van der Waals surface area (Å²) in [7, 11) is -0.956. The van der Waals surface area contributed by atoms with Gasteiger partial charge in [0.1, 0.15) is 22.1 Å². The molecule has 4 atom stereocenters. The summed E-state index contributed by atoms with van der Waals surface area (Å²) in [6.45, 7) is 39.3. The summed E-state index contributed by atoms with van der Waals surface area (Å²) < 4.78 is 46.0. The first-order chi connectivity index (χ1) is 70.3. The number of hydrogen-bond acceptors (Lipinski definition) is 16. The molecule has 2 fully saturated rings. The van der Waals surface area contributed by atoms with Gasteiger partial charge in [-0.05, 0) is 283 Å². The standard InChI is InChI=1S/C56H88N2OS3.C48H80Br2OS2.C18H26B2N2O4S.I3P/c1-7-11-15-19-21-25-29-33-45(31-27-23-17-13-9-3)37-39-56(40-38-46(32-28-24-18-14-10-4)34-30-26-22-20-16-12-8-2)49-42-50(47-36-35-43(5)51-52(47)58-62-57-51)61-54(49)53-48(55(56)59)41-44(6)60-53;1-5-9-13-17-19-23-27-31-39(29-25-21-15-11-7-3)33-35-48(42-38-44(50)53-46(42)45-41(47(48)51)37-43(49)52-45)36-34-40(30-26-22-16-12-8-4)32-28-24-20-18-14-10-6-2;1-15(2)16(3,4)24-19(23-15)11-9-10-12(14-13(11)21-27-22-14)20-25-17(5,6)18(7,8)26-20;1-4(2)3/h35-36,41-42,45-46H,7-34,37-40H2,1-6H3;37-40H,5-36H2,1-4H3;9-10H,1-8H3;. The second-order valence-electron chi connectivity index (χ2n) is 46.4. The molecule has 0 bridgehead atoms. The minimum Gasteiger partial charge on any atom is -0.399 e. The smallest absolute Gasteiger partial charge is 0.399 e. The molecule has 8 aromatic rings. The van der Waals surface area contributed by atoms with Gasteiger partial charge in [0.15, 0.2) is 11.6 Å². The van der Waals surface area contributed by atoms with Crippen molar-refractivity contribution in [3.05, 3.63) is 88.8 Å². The molecule has 0 saturated carbocycles. The molecule has 6 aromatic heterocycles. The van der Waals surface area contributed by atoms with Crippen LogP contribution in [0.3, 0.4) is 0 Å². The number of halogens is 5. The molecule has 2 saturated heterocycles. The molecule has 4 unspecified atom stereocenters. The van der Waals surface area contributed by atoms with E-state index in [1.165, 1.54) is 464 Å². The lowest BCUT2D eigenvalue weighted by atomic mass is 9.63. The number of aromatic nitrogens is 4. The first kappa shape index (κ1) is 129. The van der Waals surface area contributed by atoms with Gasteiger partial charge in [-0.2, -0.15) is 17.5 Å². The Balaban J connectivity index is 0.000000254. The number of ketones is 2. The van der Waals surface area contributed by atoms with Crippen LogP contribution in [0.2, 0.25) is 0 Å². The summed E-state index contributed by atoms with van der Waals surface area (Å²) in [6.07, 6.45) is 84.9. The van der Waals surface area contributed by atoms with E-state index in [1.807, 2.05) is 102 Å². The normalized spacial score (nSPS) is 17.8. The van der Waals surface area contributed by atoms with Crippen molar-refractivity contribution >= 4 is 226 Å². The highest BCUT2D eigenvalue weighted by Gasteiger charge is 2.56. The summed E-state index contributed by atoms with van der Waals surface area (Å²) >= 11 is 24.8. The van der Waals surface area contributed by atoms with Gasteiger partial charge in [-0.15, -0.1) is 45.3 Å². The molecule has 0 amide bonds. The zero-order valence-corrected chi connectivity index (χ0v) is 110. The van der Waals surface area contributed by atoms with Crippen LogP contribution in [-0.4, -0.2) is 65.7 Å². The molecule has 0 radical (unpaired) electrons. The van der Waals surface area contributed by atoms with Gasteiger partial charge < -0.3 is 18.6 Å². The molecule has 0 spiro atoms. The van der Waals surface area contributed by atoms with Gasteiger partial charge in [0.2, 0.25) is 0 Å². The van der Waals surface area contributed by atoms with Crippen molar-refractivity contribution in [1.29, 1.82) is 0 Å².